The summed E-state index contributed by atoms with van der Waals surface area (Å²) < 4.78 is 5.77. The highest BCUT2D eigenvalue weighted by Gasteiger charge is 2.15. The number of aromatic nitrogens is 2. The molecule has 0 fully saturated rings. The predicted octanol–water partition coefficient (Wildman–Crippen LogP) is 5.17. The number of hydrogen-bond acceptors (Lipinski definition) is 6. The molecule has 0 spiro atoms. The second-order valence-electron chi connectivity index (χ2n) is 7.94. The van der Waals surface area contributed by atoms with E-state index in [9.17, 15) is 9.59 Å². The quantitative estimate of drug-likeness (QED) is 0.340. The molecule has 0 saturated heterocycles. The van der Waals surface area contributed by atoms with E-state index < -0.39 is 5.91 Å². The van der Waals surface area contributed by atoms with Crippen molar-refractivity contribution in [2.75, 3.05) is 5.32 Å². The Morgan fingerprint density at radius 2 is 1.69 bits per heavy atom. The zero-order valence-electron chi connectivity index (χ0n) is 19.6. The molecule has 0 atom stereocenters. The number of ether oxygens (including phenoxy) is 1. The lowest BCUT2D eigenvalue weighted by Gasteiger charge is -2.08. The highest BCUT2D eigenvalue weighted by Crippen LogP contribution is 2.20. The fourth-order valence-electron chi connectivity index (χ4n) is 3.36. The second-order valence-corrected chi connectivity index (χ2v) is 9.00. The Labute approximate surface area is 208 Å². The van der Waals surface area contributed by atoms with Gasteiger partial charge < -0.3 is 15.4 Å². The maximum Gasteiger partial charge on any atom is 0.286 e. The van der Waals surface area contributed by atoms with Crippen LogP contribution in [0.2, 0.25) is 0 Å². The fourth-order valence-corrected chi connectivity index (χ4v) is 4.01. The van der Waals surface area contributed by atoms with Crippen molar-refractivity contribution in [1.29, 1.82) is 0 Å². The lowest BCUT2D eigenvalue weighted by atomic mass is 10.1. The Bertz CT molecular complexity index is 1320. The van der Waals surface area contributed by atoms with Crippen LogP contribution >= 0.6 is 11.3 Å². The summed E-state index contributed by atoms with van der Waals surface area (Å²) in [5, 5.41) is 14.5. The molecule has 4 aromatic rings. The molecule has 0 saturated carbocycles. The number of anilines is 1. The largest absolute Gasteiger partial charge is 0.486 e. The maximum absolute atomic E-state index is 12.7. The number of hydrogen-bond donors (Lipinski definition) is 2. The highest BCUT2D eigenvalue weighted by molar-refractivity contribution is 7.13. The summed E-state index contributed by atoms with van der Waals surface area (Å²) in [6, 6.07) is 22.6. The Morgan fingerprint density at radius 1 is 0.914 bits per heavy atom. The smallest absolute Gasteiger partial charge is 0.286 e. The number of carbonyl (C=O) groups is 2. The number of nitrogens with one attached hydrogen (secondary N) is 2. The SMILES string of the molecule is CCc1ccc(CNC(=O)c2cccc(NC(=O)c3nnc(COc4ccccc4C)s3)c2)cc1. The van der Waals surface area contributed by atoms with Gasteiger partial charge in [-0.1, -0.05) is 66.8 Å². The van der Waals surface area contributed by atoms with E-state index in [4.69, 9.17) is 4.74 Å². The minimum Gasteiger partial charge on any atom is -0.486 e. The molecule has 35 heavy (non-hydrogen) atoms. The van der Waals surface area contributed by atoms with E-state index in [1.807, 2.05) is 43.3 Å². The molecule has 2 N–H and O–H groups in total. The molecule has 7 nitrogen and oxygen atoms in total. The van der Waals surface area contributed by atoms with Crippen LogP contribution in [-0.4, -0.2) is 22.0 Å². The van der Waals surface area contributed by atoms with Gasteiger partial charge in [-0.3, -0.25) is 9.59 Å². The van der Waals surface area contributed by atoms with Crippen LogP contribution in [0.5, 0.6) is 5.75 Å². The lowest BCUT2D eigenvalue weighted by Crippen LogP contribution is -2.23. The Kier molecular flexibility index (Phi) is 7.84. The number of benzene rings is 3. The molecule has 0 aliphatic heterocycles. The molecule has 178 valence electrons. The number of carbonyl (C=O) groups excluding carboxylic acids is 2. The van der Waals surface area contributed by atoms with E-state index in [0.717, 1.165) is 23.3 Å². The summed E-state index contributed by atoms with van der Waals surface area (Å²) in [4.78, 5) is 25.3. The molecular weight excluding hydrogens is 460 g/mol. The van der Waals surface area contributed by atoms with Crippen molar-refractivity contribution in [3.8, 4) is 5.75 Å². The number of aryl methyl sites for hydroxylation is 2. The van der Waals surface area contributed by atoms with Crippen molar-refractivity contribution in [2.45, 2.75) is 33.4 Å². The third kappa shape index (κ3) is 6.51. The lowest BCUT2D eigenvalue weighted by molar-refractivity contribution is 0.0949. The van der Waals surface area contributed by atoms with Crippen molar-refractivity contribution in [3.05, 3.63) is 105 Å². The summed E-state index contributed by atoms with van der Waals surface area (Å²) >= 11 is 1.17. The summed E-state index contributed by atoms with van der Waals surface area (Å²) in [6.45, 7) is 4.73. The first-order valence-electron chi connectivity index (χ1n) is 11.3. The van der Waals surface area contributed by atoms with Crippen LogP contribution in [0, 0.1) is 6.92 Å². The van der Waals surface area contributed by atoms with Gasteiger partial charge in [0.25, 0.3) is 11.8 Å². The van der Waals surface area contributed by atoms with E-state index in [0.29, 0.717) is 22.8 Å². The van der Waals surface area contributed by atoms with Gasteiger partial charge in [-0.25, -0.2) is 0 Å². The number of para-hydroxylation sites is 1. The predicted molar refractivity (Wildman–Crippen MR) is 137 cm³/mol. The van der Waals surface area contributed by atoms with Crippen molar-refractivity contribution in [1.82, 2.24) is 15.5 Å². The fraction of sp³-hybridized carbons (Fsp3) is 0.185. The van der Waals surface area contributed by atoms with Gasteiger partial charge >= 0.3 is 0 Å². The van der Waals surface area contributed by atoms with Gasteiger partial charge in [0.05, 0.1) is 0 Å². The molecule has 1 heterocycles. The van der Waals surface area contributed by atoms with E-state index in [2.05, 4.69) is 39.9 Å². The first-order chi connectivity index (χ1) is 17.0. The molecule has 4 rings (SSSR count). The molecule has 3 aromatic carbocycles. The van der Waals surface area contributed by atoms with Crippen molar-refractivity contribution < 1.29 is 14.3 Å². The molecule has 0 bridgehead atoms. The van der Waals surface area contributed by atoms with E-state index in [1.54, 1.807) is 24.3 Å². The van der Waals surface area contributed by atoms with Crippen LogP contribution in [-0.2, 0) is 19.6 Å². The Morgan fingerprint density at radius 3 is 2.46 bits per heavy atom. The zero-order chi connectivity index (χ0) is 24.6. The number of nitrogens with zero attached hydrogens (tertiary/aromatic N) is 2. The molecule has 2 amide bonds. The summed E-state index contributed by atoms with van der Waals surface area (Å²) in [5.74, 6) is 0.159. The standard InChI is InChI=1S/C27H26N4O3S/c1-3-19-11-13-20(14-12-19)16-28-25(32)21-8-6-9-22(15-21)29-26(33)27-31-30-24(35-27)17-34-23-10-5-4-7-18(23)2/h4-15H,3,16-17H2,1-2H3,(H,28,32)(H,29,33). The summed E-state index contributed by atoms with van der Waals surface area (Å²) in [7, 11) is 0. The monoisotopic (exact) mass is 486 g/mol. The summed E-state index contributed by atoms with van der Waals surface area (Å²) in [6.07, 6.45) is 0.977. The van der Waals surface area contributed by atoms with Gasteiger partial charge in [0.2, 0.25) is 5.01 Å². The Hall–Kier alpha value is -4.04. The first kappa shape index (κ1) is 24.1. The maximum atomic E-state index is 12.7. The topological polar surface area (TPSA) is 93.2 Å². The first-order valence-corrected chi connectivity index (χ1v) is 12.1. The third-order valence-corrected chi connectivity index (χ3v) is 6.27. The van der Waals surface area contributed by atoms with Crippen molar-refractivity contribution >= 4 is 28.8 Å². The number of amides is 2. The molecule has 0 unspecified atom stereocenters. The van der Waals surface area contributed by atoms with E-state index in [-0.39, 0.29) is 17.5 Å². The van der Waals surface area contributed by atoms with Crippen LogP contribution in [0.25, 0.3) is 0 Å². The van der Waals surface area contributed by atoms with Gasteiger partial charge in [0.1, 0.15) is 12.4 Å². The van der Waals surface area contributed by atoms with E-state index in [1.165, 1.54) is 16.9 Å². The van der Waals surface area contributed by atoms with Gasteiger partial charge in [0, 0.05) is 17.8 Å². The molecule has 0 aliphatic rings. The van der Waals surface area contributed by atoms with Crippen LogP contribution in [0.4, 0.5) is 5.69 Å². The van der Waals surface area contributed by atoms with Crippen molar-refractivity contribution in [3.63, 3.8) is 0 Å². The van der Waals surface area contributed by atoms with Crippen LogP contribution in [0.3, 0.4) is 0 Å². The van der Waals surface area contributed by atoms with Gasteiger partial charge in [0.15, 0.2) is 5.01 Å². The second kappa shape index (κ2) is 11.4. The number of rotatable bonds is 9. The van der Waals surface area contributed by atoms with Gasteiger partial charge in [-0.05, 0) is 54.3 Å². The third-order valence-electron chi connectivity index (χ3n) is 5.37. The Balaban J connectivity index is 1.32. The average Bonchev–Trinajstić information content (AvgIpc) is 3.36. The normalized spacial score (nSPS) is 10.6. The highest BCUT2D eigenvalue weighted by atomic mass is 32.1. The van der Waals surface area contributed by atoms with Crippen LogP contribution in [0.15, 0.2) is 72.8 Å². The average molecular weight is 487 g/mol. The van der Waals surface area contributed by atoms with E-state index >= 15 is 0 Å². The van der Waals surface area contributed by atoms with Crippen LogP contribution < -0.4 is 15.4 Å². The summed E-state index contributed by atoms with van der Waals surface area (Å²) in [5.41, 5.74) is 4.26. The minimum absolute atomic E-state index is 0.216. The molecule has 0 radical (unpaired) electrons. The molecule has 8 heteroatoms. The zero-order valence-corrected chi connectivity index (χ0v) is 20.4. The molecule has 1 aromatic heterocycles. The van der Waals surface area contributed by atoms with Gasteiger partial charge in [-0.2, -0.15) is 0 Å². The van der Waals surface area contributed by atoms with Gasteiger partial charge in [-0.15, -0.1) is 10.2 Å². The minimum atomic E-state index is -0.391. The molecule has 0 aliphatic carbocycles. The molecular formula is C27H26N4O3S. The van der Waals surface area contributed by atoms with Crippen molar-refractivity contribution in [2.24, 2.45) is 0 Å². The van der Waals surface area contributed by atoms with Crippen LogP contribution in [0.1, 0.15) is 48.8 Å².